The number of hydrogen-bond donors (Lipinski definition) is 1. The van der Waals surface area contributed by atoms with Crippen LogP contribution in [-0.4, -0.2) is 5.37 Å². The third-order valence-electron chi connectivity index (χ3n) is 4.51. The molecule has 3 aromatic carbocycles. The van der Waals surface area contributed by atoms with Crippen LogP contribution in [0.25, 0.3) is 0 Å². The standard InChI is InChI=1S/C23H25NS/c1-18(2)22(24)25-23(19-12-6-3-7-13-19,20-14-8-4-9-15-20)21-16-10-5-11-17-21/h3-18,22H,24H2,1-2H3. The third kappa shape index (κ3) is 3.65. The molecule has 0 aliphatic rings. The second kappa shape index (κ2) is 7.90. The van der Waals surface area contributed by atoms with Gasteiger partial charge in [-0.15, -0.1) is 11.8 Å². The first-order chi connectivity index (χ1) is 12.1. The lowest BCUT2D eigenvalue weighted by Crippen LogP contribution is -2.34. The maximum absolute atomic E-state index is 6.58. The van der Waals surface area contributed by atoms with Crippen LogP contribution in [0.3, 0.4) is 0 Å². The fourth-order valence-corrected chi connectivity index (χ4v) is 4.56. The van der Waals surface area contributed by atoms with Crippen molar-refractivity contribution in [2.24, 2.45) is 11.7 Å². The molecule has 0 radical (unpaired) electrons. The van der Waals surface area contributed by atoms with Crippen LogP contribution in [0.4, 0.5) is 0 Å². The fraction of sp³-hybridized carbons (Fsp3) is 0.217. The maximum Gasteiger partial charge on any atom is 0.0922 e. The summed E-state index contributed by atoms with van der Waals surface area (Å²) in [6.07, 6.45) is 0. The summed E-state index contributed by atoms with van der Waals surface area (Å²) in [5.74, 6) is 0.389. The molecule has 2 heteroatoms. The van der Waals surface area contributed by atoms with Crippen molar-refractivity contribution in [1.82, 2.24) is 0 Å². The lowest BCUT2D eigenvalue weighted by atomic mass is 9.84. The summed E-state index contributed by atoms with van der Waals surface area (Å²) in [6, 6.07) is 32.1. The van der Waals surface area contributed by atoms with Gasteiger partial charge in [-0.05, 0) is 22.6 Å². The predicted molar refractivity (Wildman–Crippen MR) is 110 cm³/mol. The van der Waals surface area contributed by atoms with E-state index in [2.05, 4.69) is 105 Å². The highest BCUT2D eigenvalue weighted by Crippen LogP contribution is 2.50. The Hall–Kier alpha value is -2.03. The van der Waals surface area contributed by atoms with E-state index in [1.165, 1.54) is 16.7 Å². The normalized spacial score (nSPS) is 13.0. The average molecular weight is 348 g/mol. The quantitative estimate of drug-likeness (QED) is 0.460. The zero-order valence-corrected chi connectivity index (χ0v) is 15.6. The topological polar surface area (TPSA) is 26.0 Å². The molecule has 2 N–H and O–H groups in total. The Morgan fingerprint density at radius 1 is 0.640 bits per heavy atom. The van der Waals surface area contributed by atoms with E-state index in [4.69, 9.17) is 5.73 Å². The number of rotatable bonds is 6. The minimum Gasteiger partial charge on any atom is -0.319 e. The van der Waals surface area contributed by atoms with Gasteiger partial charge in [-0.25, -0.2) is 0 Å². The summed E-state index contributed by atoms with van der Waals surface area (Å²) in [6.45, 7) is 4.37. The smallest absolute Gasteiger partial charge is 0.0922 e. The van der Waals surface area contributed by atoms with Gasteiger partial charge in [-0.3, -0.25) is 0 Å². The van der Waals surface area contributed by atoms with Gasteiger partial charge in [0.25, 0.3) is 0 Å². The van der Waals surface area contributed by atoms with Gasteiger partial charge < -0.3 is 5.73 Å². The Bertz CT molecular complexity index is 672. The Kier molecular flexibility index (Phi) is 5.62. The Morgan fingerprint density at radius 3 is 1.24 bits per heavy atom. The Morgan fingerprint density at radius 2 is 0.960 bits per heavy atom. The molecule has 0 bridgehead atoms. The van der Waals surface area contributed by atoms with Gasteiger partial charge in [-0.2, -0.15) is 0 Å². The molecule has 0 aliphatic carbocycles. The molecule has 25 heavy (non-hydrogen) atoms. The summed E-state index contributed by atoms with van der Waals surface area (Å²) in [5, 5.41) is 0.0284. The average Bonchev–Trinajstić information content (AvgIpc) is 2.68. The first-order valence-electron chi connectivity index (χ1n) is 8.74. The van der Waals surface area contributed by atoms with Crippen LogP contribution in [0.1, 0.15) is 30.5 Å². The van der Waals surface area contributed by atoms with E-state index in [1.807, 2.05) is 11.8 Å². The van der Waals surface area contributed by atoms with Gasteiger partial charge in [-0.1, -0.05) is 105 Å². The summed E-state index contributed by atoms with van der Waals surface area (Å²) in [5.41, 5.74) is 10.4. The van der Waals surface area contributed by atoms with Crippen molar-refractivity contribution in [2.45, 2.75) is 24.0 Å². The summed E-state index contributed by atoms with van der Waals surface area (Å²) < 4.78 is -0.326. The first-order valence-corrected chi connectivity index (χ1v) is 9.62. The maximum atomic E-state index is 6.58. The molecule has 1 unspecified atom stereocenters. The van der Waals surface area contributed by atoms with Crippen molar-refractivity contribution in [1.29, 1.82) is 0 Å². The number of thioether (sulfide) groups is 1. The molecular formula is C23H25NS. The highest BCUT2D eigenvalue weighted by molar-refractivity contribution is 8.01. The molecule has 0 heterocycles. The van der Waals surface area contributed by atoms with Gasteiger partial charge in [0.1, 0.15) is 0 Å². The molecular weight excluding hydrogens is 322 g/mol. The molecule has 0 saturated carbocycles. The van der Waals surface area contributed by atoms with E-state index >= 15 is 0 Å². The van der Waals surface area contributed by atoms with Crippen LogP contribution in [0, 0.1) is 5.92 Å². The molecule has 0 aromatic heterocycles. The number of hydrogen-bond acceptors (Lipinski definition) is 2. The molecule has 0 aliphatic heterocycles. The second-order valence-electron chi connectivity index (χ2n) is 6.61. The van der Waals surface area contributed by atoms with E-state index in [9.17, 15) is 0 Å². The van der Waals surface area contributed by atoms with Gasteiger partial charge >= 0.3 is 0 Å². The van der Waals surface area contributed by atoms with Crippen LogP contribution >= 0.6 is 11.8 Å². The summed E-state index contributed by atoms with van der Waals surface area (Å²) in [4.78, 5) is 0. The lowest BCUT2D eigenvalue weighted by Gasteiger charge is -2.38. The van der Waals surface area contributed by atoms with Gasteiger partial charge in [0, 0.05) is 0 Å². The van der Waals surface area contributed by atoms with Crippen molar-refractivity contribution < 1.29 is 0 Å². The van der Waals surface area contributed by atoms with Crippen molar-refractivity contribution in [3.63, 3.8) is 0 Å². The SMILES string of the molecule is CC(C)C(N)SC(c1ccccc1)(c1ccccc1)c1ccccc1. The molecule has 3 rings (SSSR count). The highest BCUT2D eigenvalue weighted by atomic mass is 32.2. The Balaban J connectivity index is 2.27. The number of benzene rings is 3. The van der Waals surface area contributed by atoms with Crippen LogP contribution in [-0.2, 0) is 4.75 Å². The monoisotopic (exact) mass is 347 g/mol. The largest absolute Gasteiger partial charge is 0.319 e. The predicted octanol–water partition coefficient (Wildman–Crippen LogP) is 5.65. The van der Waals surface area contributed by atoms with Gasteiger partial charge in [0.05, 0.1) is 10.1 Å². The van der Waals surface area contributed by atoms with Crippen LogP contribution < -0.4 is 5.73 Å². The molecule has 0 spiro atoms. The van der Waals surface area contributed by atoms with Crippen LogP contribution in [0.2, 0.25) is 0 Å². The van der Waals surface area contributed by atoms with Crippen molar-refractivity contribution in [3.05, 3.63) is 108 Å². The molecule has 0 fully saturated rings. The van der Waals surface area contributed by atoms with Gasteiger partial charge in [0.2, 0.25) is 0 Å². The third-order valence-corrected chi connectivity index (χ3v) is 6.39. The van der Waals surface area contributed by atoms with Crippen LogP contribution in [0.5, 0.6) is 0 Å². The molecule has 1 atom stereocenters. The van der Waals surface area contributed by atoms with Crippen LogP contribution in [0.15, 0.2) is 91.0 Å². The van der Waals surface area contributed by atoms with Crippen molar-refractivity contribution in [3.8, 4) is 0 Å². The molecule has 3 aromatic rings. The highest BCUT2D eigenvalue weighted by Gasteiger charge is 2.39. The van der Waals surface area contributed by atoms with Crippen molar-refractivity contribution >= 4 is 11.8 Å². The lowest BCUT2D eigenvalue weighted by molar-refractivity contribution is 0.618. The summed E-state index contributed by atoms with van der Waals surface area (Å²) in [7, 11) is 0. The number of nitrogens with two attached hydrogens (primary N) is 1. The van der Waals surface area contributed by atoms with E-state index in [1.54, 1.807) is 0 Å². The Labute approximate surface area is 155 Å². The first kappa shape index (κ1) is 17.8. The minimum atomic E-state index is -0.326. The van der Waals surface area contributed by atoms with E-state index in [0.29, 0.717) is 5.92 Å². The second-order valence-corrected chi connectivity index (χ2v) is 8.00. The molecule has 0 saturated heterocycles. The fourth-order valence-electron chi connectivity index (χ4n) is 3.06. The van der Waals surface area contributed by atoms with Gasteiger partial charge in [0.15, 0.2) is 0 Å². The van der Waals surface area contributed by atoms with E-state index < -0.39 is 0 Å². The zero-order valence-electron chi connectivity index (χ0n) is 14.8. The summed E-state index contributed by atoms with van der Waals surface area (Å²) >= 11 is 1.84. The van der Waals surface area contributed by atoms with E-state index in [0.717, 1.165) is 0 Å². The minimum absolute atomic E-state index is 0.0284. The molecule has 1 nitrogen and oxygen atoms in total. The van der Waals surface area contributed by atoms with Crippen molar-refractivity contribution in [2.75, 3.05) is 0 Å². The molecule has 128 valence electrons. The zero-order chi connectivity index (χ0) is 17.7. The molecule has 0 amide bonds. The van der Waals surface area contributed by atoms with E-state index in [-0.39, 0.29) is 10.1 Å².